The molecule has 0 aliphatic carbocycles. The van der Waals surface area contributed by atoms with E-state index in [1.165, 1.54) is 23.5 Å². The maximum Gasteiger partial charge on any atom is 0.235 e. The number of halogens is 2. The SMILES string of the molecule is C[C@H](Oc1ccccc1)c1nn2c(-c3ccc(F)c(Cl)c3)nnc2s1. The van der Waals surface area contributed by atoms with Gasteiger partial charge in [0.2, 0.25) is 4.96 Å². The first kappa shape index (κ1) is 16.0. The quantitative estimate of drug-likeness (QED) is 0.515. The fourth-order valence-corrected chi connectivity index (χ4v) is 3.36. The zero-order valence-electron chi connectivity index (χ0n) is 13.1. The van der Waals surface area contributed by atoms with Crippen LogP contribution in [0.5, 0.6) is 5.75 Å². The van der Waals surface area contributed by atoms with Crippen LogP contribution in [0, 0.1) is 5.82 Å². The van der Waals surface area contributed by atoms with Crippen molar-refractivity contribution in [1.29, 1.82) is 0 Å². The first-order valence-electron chi connectivity index (χ1n) is 7.51. The number of ether oxygens (including phenoxy) is 1. The molecular formula is C17H12ClFN4OS. The molecule has 2 heterocycles. The van der Waals surface area contributed by atoms with Crippen LogP contribution in [0.1, 0.15) is 18.0 Å². The molecule has 8 heteroatoms. The highest BCUT2D eigenvalue weighted by atomic mass is 35.5. The van der Waals surface area contributed by atoms with Gasteiger partial charge < -0.3 is 4.74 Å². The van der Waals surface area contributed by atoms with Crippen molar-refractivity contribution < 1.29 is 9.13 Å². The lowest BCUT2D eigenvalue weighted by Crippen LogP contribution is -2.03. The Bertz CT molecular complexity index is 1030. The lowest BCUT2D eigenvalue weighted by Gasteiger charge is -2.11. The summed E-state index contributed by atoms with van der Waals surface area (Å²) >= 11 is 7.25. The number of nitrogens with zero attached hydrogens (tertiary/aromatic N) is 4. The van der Waals surface area contributed by atoms with Gasteiger partial charge in [0.25, 0.3) is 0 Å². The number of rotatable bonds is 4. The molecule has 0 bridgehead atoms. The van der Waals surface area contributed by atoms with Crippen molar-refractivity contribution in [1.82, 2.24) is 19.8 Å². The molecule has 2 aromatic heterocycles. The Kier molecular flexibility index (Phi) is 4.10. The minimum absolute atomic E-state index is 0.0329. The van der Waals surface area contributed by atoms with E-state index in [1.54, 1.807) is 10.6 Å². The van der Waals surface area contributed by atoms with E-state index in [0.29, 0.717) is 16.3 Å². The highest BCUT2D eigenvalue weighted by Crippen LogP contribution is 2.29. The zero-order chi connectivity index (χ0) is 17.4. The summed E-state index contributed by atoms with van der Waals surface area (Å²) in [7, 11) is 0. The smallest absolute Gasteiger partial charge is 0.235 e. The second kappa shape index (κ2) is 6.42. The molecule has 4 rings (SSSR count). The standard InChI is InChI=1S/C17H12ClFN4OS/c1-10(24-12-5-3-2-4-6-12)16-22-23-15(20-21-17(23)25-16)11-7-8-14(19)13(18)9-11/h2-10H,1H3/t10-/m0/s1. The van der Waals surface area contributed by atoms with Gasteiger partial charge in [0, 0.05) is 5.56 Å². The molecule has 0 amide bonds. The van der Waals surface area contributed by atoms with Crippen LogP contribution >= 0.6 is 22.9 Å². The Labute approximate surface area is 151 Å². The van der Waals surface area contributed by atoms with E-state index in [0.717, 1.165) is 10.8 Å². The molecule has 0 radical (unpaired) electrons. The summed E-state index contributed by atoms with van der Waals surface area (Å²) in [5.74, 6) is 0.799. The molecule has 5 nitrogen and oxygen atoms in total. The van der Waals surface area contributed by atoms with Crippen LogP contribution in [-0.4, -0.2) is 19.8 Å². The van der Waals surface area contributed by atoms with Crippen molar-refractivity contribution in [2.75, 3.05) is 0 Å². The Morgan fingerprint density at radius 2 is 1.96 bits per heavy atom. The minimum Gasteiger partial charge on any atom is -0.483 e. The Hall–Kier alpha value is -2.51. The third-order valence-corrected chi connectivity index (χ3v) is 4.94. The van der Waals surface area contributed by atoms with Crippen molar-refractivity contribution in [3.63, 3.8) is 0 Å². The van der Waals surface area contributed by atoms with Gasteiger partial charge in [-0.3, -0.25) is 0 Å². The molecule has 0 fully saturated rings. The summed E-state index contributed by atoms with van der Waals surface area (Å²) in [6, 6.07) is 13.9. The molecule has 0 aliphatic rings. The van der Waals surface area contributed by atoms with E-state index in [1.807, 2.05) is 37.3 Å². The minimum atomic E-state index is -0.477. The number of benzene rings is 2. The average molecular weight is 375 g/mol. The van der Waals surface area contributed by atoms with Gasteiger partial charge in [-0.15, -0.1) is 10.2 Å². The fourth-order valence-electron chi connectivity index (χ4n) is 2.36. The first-order valence-corrected chi connectivity index (χ1v) is 8.70. The highest BCUT2D eigenvalue weighted by molar-refractivity contribution is 7.16. The molecule has 1 atom stereocenters. The van der Waals surface area contributed by atoms with Gasteiger partial charge in [0.1, 0.15) is 17.7 Å². The molecule has 0 unspecified atom stereocenters. The molecule has 4 aromatic rings. The summed E-state index contributed by atoms with van der Waals surface area (Å²) in [4.78, 5) is 0.633. The number of aromatic nitrogens is 4. The molecule has 2 aromatic carbocycles. The number of hydrogen-bond acceptors (Lipinski definition) is 5. The monoisotopic (exact) mass is 374 g/mol. The van der Waals surface area contributed by atoms with Crippen molar-refractivity contribution in [2.24, 2.45) is 0 Å². The topological polar surface area (TPSA) is 52.3 Å². The summed E-state index contributed by atoms with van der Waals surface area (Å²) in [6.45, 7) is 1.92. The van der Waals surface area contributed by atoms with E-state index >= 15 is 0 Å². The Balaban J connectivity index is 1.67. The predicted molar refractivity (Wildman–Crippen MR) is 94.5 cm³/mol. The van der Waals surface area contributed by atoms with Gasteiger partial charge in [-0.05, 0) is 37.3 Å². The molecule has 25 heavy (non-hydrogen) atoms. The highest BCUT2D eigenvalue weighted by Gasteiger charge is 2.18. The van der Waals surface area contributed by atoms with Gasteiger partial charge in [0.15, 0.2) is 10.8 Å². The largest absolute Gasteiger partial charge is 0.483 e. The van der Waals surface area contributed by atoms with Gasteiger partial charge in [-0.2, -0.15) is 9.61 Å². The first-order chi connectivity index (χ1) is 12.1. The molecule has 0 N–H and O–H groups in total. The molecule has 0 spiro atoms. The average Bonchev–Trinajstić information content (AvgIpc) is 3.19. The van der Waals surface area contributed by atoms with E-state index in [4.69, 9.17) is 16.3 Å². The van der Waals surface area contributed by atoms with Gasteiger partial charge in [-0.25, -0.2) is 4.39 Å². The second-order valence-corrected chi connectivity index (χ2v) is 6.76. The lowest BCUT2D eigenvalue weighted by atomic mass is 10.2. The van der Waals surface area contributed by atoms with E-state index in [9.17, 15) is 4.39 Å². The van der Waals surface area contributed by atoms with Gasteiger partial charge in [0.05, 0.1) is 5.02 Å². The second-order valence-electron chi connectivity index (χ2n) is 5.36. The summed E-state index contributed by atoms with van der Waals surface area (Å²) in [5.41, 5.74) is 0.646. The van der Waals surface area contributed by atoms with Crippen LogP contribution in [0.15, 0.2) is 48.5 Å². The maximum atomic E-state index is 13.4. The number of fused-ring (bicyclic) bond motifs is 1. The molecule has 0 aliphatic heterocycles. The molecule has 126 valence electrons. The normalized spacial score (nSPS) is 12.4. The van der Waals surface area contributed by atoms with Crippen LogP contribution < -0.4 is 4.74 Å². The lowest BCUT2D eigenvalue weighted by molar-refractivity contribution is 0.225. The van der Waals surface area contributed by atoms with Crippen LogP contribution in [0.4, 0.5) is 4.39 Å². The van der Waals surface area contributed by atoms with Crippen molar-refractivity contribution in [2.45, 2.75) is 13.0 Å². The van der Waals surface area contributed by atoms with E-state index in [-0.39, 0.29) is 11.1 Å². The Morgan fingerprint density at radius 3 is 2.72 bits per heavy atom. The third kappa shape index (κ3) is 3.08. The summed E-state index contributed by atoms with van der Waals surface area (Å²) in [6.07, 6.45) is -0.237. The Morgan fingerprint density at radius 1 is 1.16 bits per heavy atom. The fraction of sp³-hybridized carbons (Fsp3) is 0.118. The van der Waals surface area contributed by atoms with Gasteiger partial charge >= 0.3 is 0 Å². The van der Waals surface area contributed by atoms with Crippen molar-refractivity contribution in [3.8, 4) is 17.1 Å². The van der Waals surface area contributed by atoms with E-state index < -0.39 is 5.82 Å². The van der Waals surface area contributed by atoms with E-state index in [2.05, 4.69) is 15.3 Å². The van der Waals surface area contributed by atoms with Crippen LogP contribution in [0.3, 0.4) is 0 Å². The summed E-state index contributed by atoms with van der Waals surface area (Å²) < 4.78 is 20.9. The van der Waals surface area contributed by atoms with Crippen molar-refractivity contribution in [3.05, 3.63) is 64.4 Å². The van der Waals surface area contributed by atoms with Gasteiger partial charge in [-0.1, -0.05) is 41.1 Å². The molecule has 0 saturated carbocycles. The van der Waals surface area contributed by atoms with Crippen molar-refractivity contribution >= 4 is 27.9 Å². The predicted octanol–water partition coefficient (Wildman–Crippen LogP) is 4.79. The van der Waals surface area contributed by atoms with Crippen LogP contribution in [0.25, 0.3) is 16.3 Å². The summed E-state index contributed by atoms with van der Waals surface area (Å²) in [5, 5.41) is 13.6. The molecule has 0 saturated heterocycles. The number of para-hydroxylation sites is 1. The zero-order valence-corrected chi connectivity index (χ0v) is 14.6. The van der Waals surface area contributed by atoms with Crippen LogP contribution in [-0.2, 0) is 0 Å². The molecular weight excluding hydrogens is 363 g/mol. The maximum absolute atomic E-state index is 13.4. The number of hydrogen-bond donors (Lipinski definition) is 0. The third-order valence-electron chi connectivity index (χ3n) is 3.59. The van der Waals surface area contributed by atoms with Crippen LogP contribution in [0.2, 0.25) is 5.02 Å².